The molecular formula is C17H25N5O4S. The highest BCUT2D eigenvalue weighted by Crippen LogP contribution is 2.23. The van der Waals surface area contributed by atoms with Gasteiger partial charge in [-0.05, 0) is 23.6 Å². The van der Waals surface area contributed by atoms with E-state index in [0.29, 0.717) is 24.1 Å². The van der Waals surface area contributed by atoms with Crippen LogP contribution < -0.4 is 11.4 Å². The van der Waals surface area contributed by atoms with Gasteiger partial charge in [-0.2, -0.15) is 4.31 Å². The summed E-state index contributed by atoms with van der Waals surface area (Å²) in [6.45, 7) is 6.70. The number of amides is 1. The molecule has 0 radical (unpaired) electrons. The quantitative estimate of drug-likeness (QED) is 0.676. The smallest absolute Gasteiger partial charge is 0.323 e. The van der Waals surface area contributed by atoms with Gasteiger partial charge in [-0.25, -0.2) is 13.2 Å². The van der Waals surface area contributed by atoms with Gasteiger partial charge in [-0.3, -0.25) is 4.79 Å². The van der Waals surface area contributed by atoms with Gasteiger partial charge in [0.15, 0.2) is 0 Å². The average molecular weight is 395 g/mol. The third kappa shape index (κ3) is 3.78. The molecule has 0 saturated carbocycles. The first kappa shape index (κ1) is 19.6. The lowest BCUT2D eigenvalue weighted by Crippen LogP contribution is -2.56. The standard InChI is InChI=1S/C17H25N5O4S/c1-17(2,3)14(18)15(23)21-6-8-22(9-7-21)27(25,26)11-4-5-12-13(10-11)20-16(24)19-12/h4-5,10,14H,6-9,18H2,1-3H3,(H2,19,20,24)/t14-/m1/s1. The van der Waals surface area contributed by atoms with Gasteiger partial charge in [-0.15, -0.1) is 0 Å². The number of carbonyl (C=O) groups is 1. The Hall–Kier alpha value is -2.17. The van der Waals surface area contributed by atoms with Crippen molar-refractivity contribution in [1.29, 1.82) is 0 Å². The first-order chi connectivity index (χ1) is 12.5. The summed E-state index contributed by atoms with van der Waals surface area (Å²) < 4.78 is 27.2. The van der Waals surface area contributed by atoms with E-state index < -0.39 is 16.1 Å². The Labute approximate surface area is 157 Å². The molecule has 4 N–H and O–H groups in total. The van der Waals surface area contributed by atoms with Crippen LogP contribution in [0.5, 0.6) is 0 Å². The fourth-order valence-corrected chi connectivity index (χ4v) is 4.49. The molecule has 2 aromatic rings. The van der Waals surface area contributed by atoms with E-state index in [4.69, 9.17) is 5.73 Å². The van der Waals surface area contributed by atoms with Crippen molar-refractivity contribution in [3.05, 3.63) is 28.7 Å². The number of fused-ring (bicyclic) bond motifs is 1. The molecule has 3 rings (SSSR count). The van der Waals surface area contributed by atoms with E-state index in [1.54, 1.807) is 11.0 Å². The minimum absolute atomic E-state index is 0.108. The van der Waals surface area contributed by atoms with Crippen molar-refractivity contribution in [1.82, 2.24) is 19.2 Å². The molecule has 0 unspecified atom stereocenters. The maximum absolute atomic E-state index is 12.9. The fourth-order valence-electron chi connectivity index (χ4n) is 3.04. The molecule has 0 bridgehead atoms. The van der Waals surface area contributed by atoms with Crippen LogP contribution in [0.25, 0.3) is 11.0 Å². The highest BCUT2D eigenvalue weighted by Gasteiger charge is 2.35. The highest BCUT2D eigenvalue weighted by atomic mass is 32.2. The summed E-state index contributed by atoms with van der Waals surface area (Å²) in [5, 5.41) is 0. The monoisotopic (exact) mass is 395 g/mol. The van der Waals surface area contributed by atoms with Crippen LogP contribution in [0.15, 0.2) is 27.9 Å². The molecule has 1 saturated heterocycles. The van der Waals surface area contributed by atoms with Crippen LogP contribution in [0.1, 0.15) is 20.8 Å². The number of carbonyl (C=O) groups excluding carboxylic acids is 1. The van der Waals surface area contributed by atoms with Crippen LogP contribution >= 0.6 is 0 Å². The summed E-state index contributed by atoms with van der Waals surface area (Å²) >= 11 is 0. The SMILES string of the molecule is CC(C)(C)[C@H](N)C(=O)N1CCN(S(=O)(=O)c2ccc3[nH]c(=O)[nH]c3c2)CC1. The third-order valence-corrected chi connectivity index (χ3v) is 6.77. The minimum Gasteiger partial charge on any atom is -0.339 e. The third-order valence-electron chi connectivity index (χ3n) is 4.87. The molecule has 1 aromatic carbocycles. The van der Waals surface area contributed by atoms with E-state index in [9.17, 15) is 18.0 Å². The summed E-state index contributed by atoms with van der Waals surface area (Å²) in [5.41, 5.74) is 6.27. The number of piperazine rings is 1. The Morgan fingerprint density at radius 2 is 1.70 bits per heavy atom. The van der Waals surface area contributed by atoms with E-state index in [2.05, 4.69) is 9.97 Å². The zero-order chi connectivity index (χ0) is 20.0. The lowest BCUT2D eigenvalue weighted by Gasteiger charge is -2.37. The first-order valence-corrected chi connectivity index (χ1v) is 10.2. The van der Waals surface area contributed by atoms with Crippen LogP contribution in [0.3, 0.4) is 0 Å². The van der Waals surface area contributed by atoms with Crippen LogP contribution in [-0.4, -0.2) is 65.7 Å². The Morgan fingerprint density at radius 3 is 2.30 bits per heavy atom. The summed E-state index contributed by atoms with van der Waals surface area (Å²) in [5.74, 6) is -0.161. The zero-order valence-corrected chi connectivity index (χ0v) is 16.5. The van der Waals surface area contributed by atoms with E-state index in [1.165, 1.54) is 16.4 Å². The van der Waals surface area contributed by atoms with Crippen LogP contribution in [-0.2, 0) is 14.8 Å². The summed E-state index contributed by atoms with van der Waals surface area (Å²) in [4.78, 5) is 30.7. The van der Waals surface area contributed by atoms with Gasteiger partial charge in [-0.1, -0.05) is 20.8 Å². The highest BCUT2D eigenvalue weighted by molar-refractivity contribution is 7.89. The molecule has 10 heteroatoms. The number of imidazole rings is 1. The Bertz CT molecular complexity index is 1010. The van der Waals surface area contributed by atoms with Gasteiger partial charge in [0, 0.05) is 26.2 Å². The van der Waals surface area contributed by atoms with Crippen LogP contribution in [0.2, 0.25) is 0 Å². The molecule has 1 aliphatic heterocycles. The minimum atomic E-state index is -3.71. The normalized spacial score (nSPS) is 18.0. The second-order valence-corrected chi connectivity index (χ2v) is 9.80. The molecule has 27 heavy (non-hydrogen) atoms. The fraction of sp³-hybridized carbons (Fsp3) is 0.529. The Balaban J connectivity index is 1.74. The molecule has 1 aromatic heterocycles. The molecule has 1 atom stereocenters. The van der Waals surface area contributed by atoms with E-state index in [1.807, 2.05) is 20.8 Å². The maximum atomic E-state index is 12.9. The maximum Gasteiger partial charge on any atom is 0.323 e. The zero-order valence-electron chi connectivity index (χ0n) is 15.7. The summed E-state index contributed by atoms with van der Waals surface area (Å²) in [7, 11) is -3.71. The Kier molecular flexibility index (Phi) is 4.91. The number of aromatic amines is 2. The summed E-state index contributed by atoms with van der Waals surface area (Å²) in [6, 6.07) is 3.83. The second-order valence-electron chi connectivity index (χ2n) is 7.86. The summed E-state index contributed by atoms with van der Waals surface area (Å²) in [6.07, 6.45) is 0. The van der Waals surface area contributed by atoms with Gasteiger partial charge in [0.1, 0.15) is 0 Å². The first-order valence-electron chi connectivity index (χ1n) is 8.77. The largest absolute Gasteiger partial charge is 0.339 e. The number of nitrogens with zero attached hydrogens (tertiary/aromatic N) is 2. The Morgan fingerprint density at radius 1 is 1.11 bits per heavy atom. The van der Waals surface area contributed by atoms with Crippen molar-refractivity contribution in [3.8, 4) is 0 Å². The molecule has 2 heterocycles. The number of nitrogens with one attached hydrogen (secondary N) is 2. The van der Waals surface area contributed by atoms with Crippen molar-refractivity contribution in [3.63, 3.8) is 0 Å². The number of rotatable bonds is 3. The molecule has 9 nitrogen and oxygen atoms in total. The van der Waals surface area contributed by atoms with Crippen molar-refractivity contribution in [2.75, 3.05) is 26.2 Å². The lowest BCUT2D eigenvalue weighted by atomic mass is 9.86. The molecule has 1 amide bonds. The van der Waals surface area contributed by atoms with Crippen molar-refractivity contribution >= 4 is 27.0 Å². The molecule has 0 aliphatic carbocycles. The van der Waals surface area contributed by atoms with Crippen LogP contribution in [0, 0.1) is 5.41 Å². The topological polar surface area (TPSA) is 132 Å². The predicted octanol–water partition coefficient (Wildman–Crippen LogP) is 0.0625. The molecule has 1 fully saturated rings. The number of hydrogen-bond acceptors (Lipinski definition) is 5. The second kappa shape index (κ2) is 6.77. The van der Waals surface area contributed by atoms with Gasteiger partial charge in [0.25, 0.3) is 0 Å². The van der Waals surface area contributed by atoms with E-state index in [0.717, 1.165) is 0 Å². The molecule has 1 aliphatic rings. The molecule has 148 valence electrons. The number of hydrogen-bond donors (Lipinski definition) is 3. The van der Waals surface area contributed by atoms with E-state index in [-0.39, 0.29) is 35.0 Å². The number of aromatic nitrogens is 2. The van der Waals surface area contributed by atoms with Crippen molar-refractivity contribution < 1.29 is 13.2 Å². The van der Waals surface area contributed by atoms with Crippen molar-refractivity contribution in [2.45, 2.75) is 31.7 Å². The average Bonchev–Trinajstić information content (AvgIpc) is 2.98. The molecule has 0 spiro atoms. The van der Waals surface area contributed by atoms with Crippen LogP contribution in [0.4, 0.5) is 0 Å². The van der Waals surface area contributed by atoms with Gasteiger partial charge < -0.3 is 20.6 Å². The number of benzene rings is 1. The molecular weight excluding hydrogens is 370 g/mol. The van der Waals surface area contributed by atoms with Crippen molar-refractivity contribution in [2.24, 2.45) is 11.1 Å². The van der Waals surface area contributed by atoms with Gasteiger partial charge in [0.05, 0.1) is 22.0 Å². The van der Waals surface area contributed by atoms with Gasteiger partial charge in [0.2, 0.25) is 15.9 Å². The lowest BCUT2D eigenvalue weighted by molar-refractivity contribution is -0.136. The predicted molar refractivity (Wildman–Crippen MR) is 102 cm³/mol. The number of nitrogens with two attached hydrogens (primary N) is 1. The number of H-pyrrole nitrogens is 2. The van der Waals surface area contributed by atoms with Gasteiger partial charge >= 0.3 is 5.69 Å². The van der Waals surface area contributed by atoms with E-state index >= 15 is 0 Å². The number of sulfonamides is 1.